The number of primary amides is 2. The van der Waals surface area contributed by atoms with Crippen molar-refractivity contribution in [1.29, 1.82) is 0 Å². The van der Waals surface area contributed by atoms with Gasteiger partial charge in [0.05, 0.1) is 12.1 Å². The predicted octanol–water partition coefficient (Wildman–Crippen LogP) is 3.21. The van der Waals surface area contributed by atoms with E-state index in [0.29, 0.717) is 31.8 Å². The Morgan fingerprint density at radius 2 is 0.932 bits per heavy atom. The summed E-state index contributed by atoms with van der Waals surface area (Å²) in [4.78, 5) is 120. The second kappa shape index (κ2) is 21.5. The van der Waals surface area contributed by atoms with E-state index in [9.17, 15) is 48.3 Å². The first kappa shape index (κ1) is 59.9. The molecule has 6 fully saturated rings. The van der Waals surface area contributed by atoms with Crippen molar-refractivity contribution >= 4 is 53.3 Å². The van der Waals surface area contributed by atoms with E-state index in [-0.39, 0.29) is 58.1 Å². The first-order chi connectivity index (χ1) is 33.7. The van der Waals surface area contributed by atoms with Crippen LogP contribution in [0, 0.1) is 57.2 Å². The molecule has 4 aliphatic carbocycles. The molecule has 20 nitrogen and oxygen atoms in total. The average Bonchev–Trinajstić information content (AvgIpc) is 3.66. The van der Waals surface area contributed by atoms with Gasteiger partial charge in [-0.15, -0.1) is 0 Å². The van der Waals surface area contributed by atoms with Gasteiger partial charge in [-0.2, -0.15) is 0 Å². The van der Waals surface area contributed by atoms with Crippen LogP contribution in [0.4, 0.5) is 9.59 Å². The minimum atomic E-state index is -1.50. The van der Waals surface area contributed by atoms with Gasteiger partial charge in [0.1, 0.15) is 24.2 Å². The molecule has 0 spiro atoms. The quantitative estimate of drug-likeness (QED) is 0.102. The molecule has 0 aromatic heterocycles. The maximum Gasteiger partial charge on any atom is 0.315 e. The Morgan fingerprint density at radius 1 is 0.568 bits per heavy atom. The molecule has 10 amide bonds. The first-order valence-corrected chi connectivity index (χ1v) is 26.9. The van der Waals surface area contributed by atoms with Crippen molar-refractivity contribution in [2.75, 3.05) is 13.1 Å². The van der Waals surface area contributed by atoms with Gasteiger partial charge in [-0.05, 0) is 112 Å². The van der Waals surface area contributed by atoms with Crippen molar-refractivity contribution in [2.45, 2.75) is 216 Å². The molecule has 6 rings (SSSR count). The van der Waals surface area contributed by atoms with E-state index in [0.717, 1.165) is 38.5 Å². The Balaban J connectivity index is 0.000000274. The topological polar surface area (TPSA) is 305 Å². The number of amides is 10. The Kier molecular flexibility index (Phi) is 17.4. The highest BCUT2D eigenvalue weighted by Crippen LogP contribution is 2.66. The van der Waals surface area contributed by atoms with E-state index in [1.54, 1.807) is 9.80 Å². The second-order valence-electron chi connectivity index (χ2n) is 27.9. The number of carbonyl (C=O) groups is 9. The number of nitrogens with one attached hydrogen (secondary N) is 6. The highest BCUT2D eigenvalue weighted by Gasteiger charge is 2.71. The molecule has 0 bridgehead atoms. The van der Waals surface area contributed by atoms with Crippen molar-refractivity contribution in [3.05, 3.63) is 0 Å². The Bertz CT molecular complexity index is 2180. The monoisotopic (exact) mass is 1040 g/mol. The van der Waals surface area contributed by atoms with Crippen molar-refractivity contribution in [2.24, 2.45) is 68.6 Å². The van der Waals surface area contributed by atoms with Crippen molar-refractivity contribution in [1.82, 2.24) is 41.7 Å². The number of fused-ring (bicyclic) bond motifs is 2. The molecule has 0 aromatic carbocycles. The maximum absolute atomic E-state index is 13.9. The zero-order chi connectivity index (χ0) is 56.2. The van der Waals surface area contributed by atoms with Crippen LogP contribution in [0.15, 0.2) is 0 Å². The average molecular weight is 1040 g/mol. The van der Waals surface area contributed by atoms with Gasteiger partial charge in [0, 0.05) is 24.2 Å². The molecular formula is C54H92N10O10. The number of nitrogens with zero attached hydrogens (tertiary/aromatic N) is 2. The van der Waals surface area contributed by atoms with E-state index in [2.05, 4.69) is 59.6 Å². The standard InChI is InChI=1S/C27H47N5O5.C27H45N5O5/c2*1-25(2,3)20(30-24(37)31-26(4,5)6)23(36)32-13-15-17(27(15,7)8)18(32)22(35)29-16(19(33)21(28)34)12-14-10-9-11-14/h14-20,33H,9-13H2,1-8H3,(H2,28,34)(H,29,35)(H2,30,31,37);14-18,20H,9-13H2,1-8H3,(H2,28,34)(H,29,35)(H2,30,31,37)/t15?,16?,17?,18-,19?,20+;15?,16?,17?,18-,20+/m00/s1. The fourth-order valence-corrected chi connectivity index (χ4v) is 11.8. The SMILES string of the molecule is CC(C)(C)NC(=O)N[C@H](C(=O)N1CC2C([C@H]1C(=O)NC(CC1CCC1)C(=O)C(N)=O)C2(C)C)C(C)(C)C.CC(C)(C)NC(=O)N[C@H](C(=O)N1CC2C([C@H]1C(=O)NC(CC1CCC1)C(O)C(N)=O)C2(C)C)C(C)(C)C. The van der Waals surface area contributed by atoms with Gasteiger partial charge in [0.15, 0.2) is 6.10 Å². The molecular weight excluding hydrogens is 949 g/mol. The number of rotatable bonds is 16. The van der Waals surface area contributed by atoms with E-state index in [1.165, 1.54) is 0 Å². The van der Waals surface area contributed by atoms with E-state index >= 15 is 0 Å². The maximum atomic E-state index is 13.9. The third-order valence-electron chi connectivity index (χ3n) is 16.8. The molecule has 0 radical (unpaired) electrons. The van der Waals surface area contributed by atoms with E-state index in [4.69, 9.17) is 11.5 Å². The summed E-state index contributed by atoms with van der Waals surface area (Å²) >= 11 is 0. The first-order valence-electron chi connectivity index (χ1n) is 26.9. The van der Waals surface area contributed by atoms with Crippen molar-refractivity contribution < 1.29 is 48.3 Å². The molecule has 11 N–H and O–H groups in total. The Labute approximate surface area is 439 Å². The lowest BCUT2D eigenvalue weighted by Gasteiger charge is -2.39. The molecule has 2 heterocycles. The highest BCUT2D eigenvalue weighted by molar-refractivity contribution is 6.37. The smallest absolute Gasteiger partial charge is 0.315 e. The summed E-state index contributed by atoms with van der Waals surface area (Å²) in [6.07, 6.45) is 5.34. The van der Waals surface area contributed by atoms with Crippen LogP contribution in [0.1, 0.15) is 162 Å². The second-order valence-corrected chi connectivity index (χ2v) is 27.9. The Morgan fingerprint density at radius 3 is 1.24 bits per heavy atom. The molecule has 418 valence electrons. The number of piperidine rings is 2. The molecule has 2 aliphatic heterocycles. The molecule has 0 aromatic rings. The minimum Gasteiger partial charge on any atom is -0.381 e. The zero-order valence-corrected chi connectivity index (χ0v) is 47.2. The molecule has 74 heavy (non-hydrogen) atoms. The third kappa shape index (κ3) is 13.9. The van der Waals surface area contributed by atoms with Crippen molar-refractivity contribution in [3.63, 3.8) is 0 Å². The number of hydrogen-bond donors (Lipinski definition) is 9. The van der Waals surface area contributed by atoms with Crippen LogP contribution in [0.5, 0.6) is 0 Å². The number of urea groups is 2. The van der Waals surface area contributed by atoms with Gasteiger partial charge in [0.25, 0.3) is 5.91 Å². The number of nitrogens with two attached hydrogens (primary N) is 2. The summed E-state index contributed by atoms with van der Waals surface area (Å²) in [6, 6.07) is -5.99. The van der Waals surface area contributed by atoms with Gasteiger partial charge >= 0.3 is 12.1 Å². The molecule has 6 aliphatic rings. The molecule has 11 atom stereocenters. The van der Waals surface area contributed by atoms with Crippen LogP contribution in [-0.2, 0) is 33.6 Å². The minimum absolute atomic E-state index is 0.0458. The summed E-state index contributed by atoms with van der Waals surface area (Å²) in [5.41, 5.74) is 8.23. The molecule has 2 saturated heterocycles. The fourth-order valence-electron chi connectivity index (χ4n) is 11.8. The normalized spacial score (nSPS) is 26.8. The number of hydrogen-bond acceptors (Lipinski definition) is 10. The summed E-state index contributed by atoms with van der Waals surface area (Å²) < 4.78 is 0. The van der Waals surface area contributed by atoms with Gasteiger partial charge in [0.2, 0.25) is 35.3 Å². The number of carbonyl (C=O) groups excluding carboxylic acids is 9. The third-order valence-corrected chi connectivity index (χ3v) is 16.8. The lowest BCUT2D eigenvalue weighted by molar-refractivity contribution is -0.145. The van der Waals surface area contributed by atoms with Crippen LogP contribution in [-0.4, -0.2) is 135 Å². The van der Waals surface area contributed by atoms with Gasteiger partial charge in [-0.25, -0.2) is 9.59 Å². The molecule has 4 saturated carbocycles. The van der Waals surface area contributed by atoms with Gasteiger partial charge in [-0.1, -0.05) is 108 Å². The van der Waals surface area contributed by atoms with Crippen LogP contribution in [0.3, 0.4) is 0 Å². The lowest BCUT2D eigenvalue weighted by atomic mass is 9.79. The van der Waals surface area contributed by atoms with E-state index < -0.39 is 99.8 Å². The number of likely N-dealkylation sites (tertiary alicyclic amines) is 2. The molecule has 20 heteroatoms. The van der Waals surface area contributed by atoms with E-state index in [1.807, 2.05) is 83.1 Å². The largest absolute Gasteiger partial charge is 0.381 e. The Hall–Kier alpha value is -5.01. The zero-order valence-electron chi connectivity index (χ0n) is 47.2. The van der Waals surface area contributed by atoms with Crippen LogP contribution < -0.4 is 43.4 Å². The van der Waals surface area contributed by atoms with Gasteiger partial charge < -0.3 is 58.3 Å². The number of aliphatic hydroxyl groups excluding tert-OH is 1. The summed E-state index contributed by atoms with van der Waals surface area (Å²) in [5, 5.41) is 27.5. The van der Waals surface area contributed by atoms with Crippen LogP contribution >= 0.6 is 0 Å². The summed E-state index contributed by atoms with van der Waals surface area (Å²) in [5.74, 6) is -3.50. The number of Topliss-reactive ketones (excluding diaryl/α,β-unsaturated/α-hetero) is 1. The lowest BCUT2D eigenvalue weighted by Crippen LogP contribution is -2.62. The fraction of sp³-hybridized carbons (Fsp3) is 0.833. The van der Waals surface area contributed by atoms with Crippen LogP contribution in [0.2, 0.25) is 0 Å². The molecule has 7 unspecified atom stereocenters. The number of aliphatic hydroxyl groups is 1. The predicted molar refractivity (Wildman–Crippen MR) is 279 cm³/mol. The highest BCUT2D eigenvalue weighted by atomic mass is 16.3. The number of ketones is 1. The van der Waals surface area contributed by atoms with Crippen LogP contribution in [0.25, 0.3) is 0 Å². The summed E-state index contributed by atoms with van der Waals surface area (Å²) in [6.45, 7) is 31.5. The summed E-state index contributed by atoms with van der Waals surface area (Å²) in [7, 11) is 0. The van der Waals surface area contributed by atoms with Gasteiger partial charge in [-0.3, -0.25) is 33.6 Å². The van der Waals surface area contributed by atoms with Crippen molar-refractivity contribution in [3.8, 4) is 0 Å².